The van der Waals surface area contributed by atoms with Crippen molar-refractivity contribution in [2.24, 2.45) is 5.92 Å². The smallest absolute Gasteiger partial charge is 0.244 e. The van der Waals surface area contributed by atoms with Gasteiger partial charge in [0.05, 0.1) is 12.1 Å². The zero-order valence-corrected chi connectivity index (χ0v) is 13.8. The number of hydrogen-bond donors (Lipinski definition) is 1. The second-order valence-electron chi connectivity index (χ2n) is 5.83. The lowest BCUT2D eigenvalue weighted by atomic mass is 10.1. The van der Waals surface area contributed by atoms with Crippen LogP contribution in [0.2, 0.25) is 0 Å². The van der Waals surface area contributed by atoms with Crippen LogP contribution in [0.25, 0.3) is 0 Å². The Bertz CT molecular complexity index is 598. The molecule has 1 aliphatic heterocycles. The highest BCUT2D eigenvalue weighted by atomic mass is 16.2. The Kier molecular flexibility index (Phi) is 5.36. The maximum Gasteiger partial charge on any atom is 0.244 e. The molecule has 1 atom stereocenters. The Morgan fingerprint density at radius 2 is 1.91 bits per heavy atom. The quantitative estimate of drug-likeness (QED) is 0.793. The maximum atomic E-state index is 12.5. The molecule has 1 N–H and O–H groups in total. The van der Waals surface area contributed by atoms with Gasteiger partial charge in [-0.3, -0.25) is 19.1 Å². The highest BCUT2D eigenvalue weighted by Crippen LogP contribution is 2.11. The van der Waals surface area contributed by atoms with Crippen molar-refractivity contribution in [3.8, 4) is 0 Å². The van der Waals surface area contributed by atoms with E-state index in [9.17, 15) is 14.4 Å². The highest BCUT2D eigenvalue weighted by Gasteiger charge is 2.30. The van der Waals surface area contributed by atoms with E-state index in [4.69, 9.17) is 0 Å². The second-order valence-corrected chi connectivity index (χ2v) is 5.83. The van der Waals surface area contributed by atoms with E-state index in [0.29, 0.717) is 26.2 Å². The number of carbonyl (C=O) groups is 3. The molecule has 2 heterocycles. The van der Waals surface area contributed by atoms with Crippen LogP contribution in [0.15, 0.2) is 12.4 Å². The van der Waals surface area contributed by atoms with Gasteiger partial charge in [-0.15, -0.1) is 0 Å². The third-order valence-electron chi connectivity index (χ3n) is 4.00. The van der Waals surface area contributed by atoms with Crippen molar-refractivity contribution in [3.05, 3.63) is 18.0 Å². The van der Waals surface area contributed by atoms with Gasteiger partial charge >= 0.3 is 0 Å². The SMILES string of the molecule is CNC(=O)C1CN(C(C)=O)CCN(C(=O)Cn2cc(C)cn2)C1. The summed E-state index contributed by atoms with van der Waals surface area (Å²) in [5, 5.41) is 6.71. The van der Waals surface area contributed by atoms with Gasteiger partial charge in [0.15, 0.2) is 0 Å². The summed E-state index contributed by atoms with van der Waals surface area (Å²) in [6.45, 7) is 5.02. The molecular formula is C15H23N5O3. The number of rotatable bonds is 3. The molecule has 23 heavy (non-hydrogen) atoms. The summed E-state index contributed by atoms with van der Waals surface area (Å²) in [7, 11) is 1.56. The molecule has 0 bridgehead atoms. The van der Waals surface area contributed by atoms with Gasteiger partial charge in [0.25, 0.3) is 0 Å². The standard InChI is InChI=1S/C15H23N5O3/c1-11-6-17-20(7-11)10-14(22)19-5-4-18(12(2)21)8-13(9-19)15(23)16-3/h6-7,13H,4-5,8-10H2,1-3H3,(H,16,23). The van der Waals surface area contributed by atoms with Crippen molar-refractivity contribution in [2.75, 3.05) is 33.2 Å². The Labute approximate surface area is 135 Å². The average molecular weight is 321 g/mol. The fourth-order valence-electron chi connectivity index (χ4n) is 2.69. The summed E-state index contributed by atoms with van der Waals surface area (Å²) in [4.78, 5) is 39.4. The van der Waals surface area contributed by atoms with Gasteiger partial charge in [0, 0.05) is 46.3 Å². The molecule has 3 amide bonds. The van der Waals surface area contributed by atoms with Crippen molar-refractivity contribution >= 4 is 17.7 Å². The van der Waals surface area contributed by atoms with E-state index in [-0.39, 0.29) is 24.3 Å². The van der Waals surface area contributed by atoms with Crippen LogP contribution in [0, 0.1) is 12.8 Å². The monoisotopic (exact) mass is 321 g/mol. The molecular weight excluding hydrogens is 298 g/mol. The minimum atomic E-state index is -0.422. The van der Waals surface area contributed by atoms with Gasteiger partial charge in [0.2, 0.25) is 17.7 Å². The van der Waals surface area contributed by atoms with Crippen molar-refractivity contribution in [2.45, 2.75) is 20.4 Å². The molecule has 1 aromatic heterocycles. The van der Waals surface area contributed by atoms with Gasteiger partial charge < -0.3 is 15.1 Å². The second kappa shape index (κ2) is 7.26. The Morgan fingerprint density at radius 1 is 1.26 bits per heavy atom. The van der Waals surface area contributed by atoms with Crippen molar-refractivity contribution in [1.29, 1.82) is 0 Å². The van der Waals surface area contributed by atoms with Crippen molar-refractivity contribution in [1.82, 2.24) is 24.9 Å². The third-order valence-corrected chi connectivity index (χ3v) is 4.00. The Hall–Kier alpha value is -2.38. The molecule has 8 heteroatoms. The van der Waals surface area contributed by atoms with Crippen LogP contribution < -0.4 is 5.32 Å². The molecule has 2 rings (SSSR count). The molecule has 126 valence electrons. The molecule has 0 radical (unpaired) electrons. The lowest BCUT2D eigenvalue weighted by Gasteiger charge is -2.23. The molecule has 1 aliphatic rings. The first-order chi connectivity index (χ1) is 10.9. The lowest BCUT2D eigenvalue weighted by molar-refractivity contribution is -0.133. The van der Waals surface area contributed by atoms with E-state index in [2.05, 4.69) is 10.4 Å². The van der Waals surface area contributed by atoms with Crippen molar-refractivity contribution in [3.63, 3.8) is 0 Å². The van der Waals surface area contributed by atoms with E-state index >= 15 is 0 Å². The van der Waals surface area contributed by atoms with Crippen LogP contribution in [0.5, 0.6) is 0 Å². The fourth-order valence-corrected chi connectivity index (χ4v) is 2.69. The molecule has 1 fully saturated rings. The largest absolute Gasteiger partial charge is 0.359 e. The van der Waals surface area contributed by atoms with Crippen LogP contribution in [-0.4, -0.2) is 70.5 Å². The predicted octanol–water partition coefficient (Wildman–Crippen LogP) is -0.756. The first-order valence-electron chi connectivity index (χ1n) is 7.64. The Balaban J connectivity index is 2.09. The first-order valence-corrected chi connectivity index (χ1v) is 7.64. The number of nitrogens with one attached hydrogen (secondary N) is 1. The zero-order valence-electron chi connectivity index (χ0n) is 13.8. The van der Waals surface area contributed by atoms with Crippen LogP contribution in [0.1, 0.15) is 12.5 Å². The topological polar surface area (TPSA) is 87.5 Å². The minimum absolute atomic E-state index is 0.0871. The molecule has 0 spiro atoms. The minimum Gasteiger partial charge on any atom is -0.359 e. The van der Waals surface area contributed by atoms with Crippen LogP contribution in [-0.2, 0) is 20.9 Å². The maximum absolute atomic E-state index is 12.5. The molecule has 0 saturated carbocycles. The van der Waals surface area contributed by atoms with E-state index in [1.54, 1.807) is 33.9 Å². The van der Waals surface area contributed by atoms with Crippen LogP contribution in [0.4, 0.5) is 0 Å². The molecule has 1 aromatic rings. The average Bonchev–Trinajstić information content (AvgIpc) is 2.79. The lowest BCUT2D eigenvalue weighted by Crippen LogP contribution is -2.42. The normalized spacial score (nSPS) is 18.5. The van der Waals surface area contributed by atoms with E-state index in [0.717, 1.165) is 5.56 Å². The van der Waals surface area contributed by atoms with E-state index in [1.807, 2.05) is 6.92 Å². The first kappa shape index (κ1) is 17.0. The van der Waals surface area contributed by atoms with E-state index in [1.165, 1.54) is 6.92 Å². The third kappa shape index (κ3) is 4.30. The number of hydrogen-bond acceptors (Lipinski definition) is 4. The van der Waals surface area contributed by atoms with Gasteiger partial charge in [-0.25, -0.2) is 0 Å². The number of aryl methyl sites for hydroxylation is 1. The summed E-state index contributed by atoms with van der Waals surface area (Å²) >= 11 is 0. The molecule has 1 unspecified atom stereocenters. The number of carbonyl (C=O) groups excluding carboxylic acids is 3. The van der Waals surface area contributed by atoms with Gasteiger partial charge in [-0.05, 0) is 12.5 Å². The summed E-state index contributed by atoms with van der Waals surface area (Å²) in [6, 6.07) is 0. The molecule has 1 saturated heterocycles. The zero-order chi connectivity index (χ0) is 17.0. The van der Waals surface area contributed by atoms with Crippen LogP contribution in [0.3, 0.4) is 0 Å². The summed E-state index contributed by atoms with van der Waals surface area (Å²) in [6.07, 6.45) is 3.49. The number of nitrogens with zero attached hydrogens (tertiary/aromatic N) is 4. The fraction of sp³-hybridized carbons (Fsp3) is 0.600. The van der Waals surface area contributed by atoms with Gasteiger partial charge in [-0.1, -0.05) is 0 Å². The van der Waals surface area contributed by atoms with E-state index < -0.39 is 5.92 Å². The van der Waals surface area contributed by atoms with Crippen LogP contribution >= 0.6 is 0 Å². The molecule has 0 aliphatic carbocycles. The highest BCUT2D eigenvalue weighted by molar-refractivity contribution is 5.82. The summed E-state index contributed by atoms with van der Waals surface area (Å²) in [5.41, 5.74) is 0.986. The summed E-state index contributed by atoms with van der Waals surface area (Å²) < 4.78 is 1.58. The predicted molar refractivity (Wildman–Crippen MR) is 83.4 cm³/mol. The number of aromatic nitrogens is 2. The number of amides is 3. The molecule has 0 aromatic carbocycles. The Morgan fingerprint density at radius 3 is 2.48 bits per heavy atom. The molecule has 8 nitrogen and oxygen atoms in total. The summed E-state index contributed by atoms with van der Waals surface area (Å²) in [5.74, 6) is -0.774. The van der Waals surface area contributed by atoms with Gasteiger partial charge in [-0.2, -0.15) is 5.10 Å². The van der Waals surface area contributed by atoms with Crippen molar-refractivity contribution < 1.29 is 14.4 Å². The van der Waals surface area contributed by atoms with Gasteiger partial charge in [0.1, 0.15) is 6.54 Å².